The number of methoxy groups -OCH3 is 3. The van der Waals surface area contributed by atoms with E-state index < -0.39 is 0 Å². The molecule has 0 radical (unpaired) electrons. The molecule has 1 aliphatic rings. The molecule has 1 saturated heterocycles. The van der Waals surface area contributed by atoms with E-state index in [4.69, 9.17) is 25.8 Å². The number of phenolic OH excluding ortho intramolecular Hbond substituents is 1. The smallest absolute Gasteiger partial charge is 0.167 e. The summed E-state index contributed by atoms with van der Waals surface area (Å²) in [6, 6.07) is 8.52. The number of phenols is 1. The van der Waals surface area contributed by atoms with Gasteiger partial charge >= 0.3 is 0 Å². The minimum atomic E-state index is -0.0976. The minimum Gasteiger partial charge on any atom is -0.504 e. The van der Waals surface area contributed by atoms with Gasteiger partial charge in [-0.3, -0.25) is 9.69 Å². The molecule has 1 fully saturated rings. The van der Waals surface area contributed by atoms with Crippen molar-refractivity contribution in [1.29, 1.82) is 0 Å². The van der Waals surface area contributed by atoms with E-state index in [1.54, 1.807) is 38.5 Å². The lowest BCUT2D eigenvalue weighted by Gasteiger charge is -2.32. The lowest BCUT2D eigenvalue weighted by atomic mass is 9.89. The molecule has 29 heavy (non-hydrogen) atoms. The second-order valence-corrected chi connectivity index (χ2v) is 7.53. The Labute approximate surface area is 175 Å². The molecular weight excluding hydrogens is 394 g/mol. The summed E-state index contributed by atoms with van der Waals surface area (Å²) >= 11 is 6.30. The zero-order chi connectivity index (χ0) is 21.0. The number of ketones is 1. The molecule has 7 heteroatoms. The van der Waals surface area contributed by atoms with Crippen LogP contribution in [0.3, 0.4) is 0 Å². The molecule has 0 bridgehead atoms. The van der Waals surface area contributed by atoms with Crippen LogP contribution in [0.2, 0.25) is 5.02 Å². The topological polar surface area (TPSA) is 68.2 Å². The number of carbonyl (C=O) groups is 1. The quantitative estimate of drug-likeness (QED) is 0.679. The maximum Gasteiger partial charge on any atom is 0.167 e. The summed E-state index contributed by atoms with van der Waals surface area (Å²) < 4.78 is 15.8. The van der Waals surface area contributed by atoms with Crippen LogP contribution in [-0.2, 0) is 6.54 Å². The summed E-state index contributed by atoms with van der Waals surface area (Å²) in [6.45, 7) is 2.12. The second-order valence-electron chi connectivity index (χ2n) is 7.12. The standard InChI is InChI=1S/C22H26ClNO5/c1-27-19-7-6-14(9-21(19)29-3)22(26)15-5-4-8-24(12-15)13-16-10-20(28-2)18(25)11-17(16)23/h6-7,9-11,15,25H,4-5,8,12-13H2,1-3H3. The average molecular weight is 420 g/mol. The molecule has 1 N–H and O–H groups in total. The Morgan fingerprint density at radius 3 is 2.52 bits per heavy atom. The summed E-state index contributed by atoms with van der Waals surface area (Å²) in [5.74, 6) is 1.56. The van der Waals surface area contributed by atoms with Gasteiger partial charge in [0.2, 0.25) is 0 Å². The van der Waals surface area contributed by atoms with E-state index in [1.165, 1.54) is 13.2 Å². The van der Waals surface area contributed by atoms with Crippen LogP contribution in [0.5, 0.6) is 23.0 Å². The van der Waals surface area contributed by atoms with Crippen LogP contribution in [0.4, 0.5) is 0 Å². The van der Waals surface area contributed by atoms with Crippen LogP contribution >= 0.6 is 11.6 Å². The van der Waals surface area contributed by atoms with Gasteiger partial charge in [0.25, 0.3) is 0 Å². The number of Topliss-reactive ketones (excluding diaryl/α,β-unsaturated/α-hetero) is 1. The highest BCUT2D eigenvalue weighted by atomic mass is 35.5. The van der Waals surface area contributed by atoms with Crippen molar-refractivity contribution in [3.05, 3.63) is 46.5 Å². The average Bonchev–Trinajstić information content (AvgIpc) is 2.74. The predicted octanol–water partition coefficient (Wildman–Crippen LogP) is 4.17. The number of benzene rings is 2. The van der Waals surface area contributed by atoms with Crippen molar-refractivity contribution < 1.29 is 24.1 Å². The van der Waals surface area contributed by atoms with Gasteiger partial charge in [0.1, 0.15) is 0 Å². The van der Waals surface area contributed by atoms with Crippen molar-refractivity contribution in [3.63, 3.8) is 0 Å². The van der Waals surface area contributed by atoms with Crippen molar-refractivity contribution in [2.24, 2.45) is 5.92 Å². The number of likely N-dealkylation sites (tertiary alicyclic amines) is 1. The lowest BCUT2D eigenvalue weighted by Crippen LogP contribution is -2.38. The van der Waals surface area contributed by atoms with Crippen LogP contribution in [0.25, 0.3) is 0 Å². The fourth-order valence-corrected chi connectivity index (χ4v) is 3.97. The van der Waals surface area contributed by atoms with E-state index in [1.807, 2.05) is 0 Å². The normalized spacial score (nSPS) is 17.0. The summed E-state index contributed by atoms with van der Waals surface area (Å²) in [7, 11) is 4.64. The maximum absolute atomic E-state index is 13.1. The van der Waals surface area contributed by atoms with Gasteiger partial charge in [-0.25, -0.2) is 0 Å². The molecule has 6 nitrogen and oxygen atoms in total. The second kappa shape index (κ2) is 9.37. The molecular formula is C22H26ClNO5. The lowest BCUT2D eigenvalue weighted by molar-refractivity contribution is 0.0811. The Kier molecular flexibility index (Phi) is 6.87. The Balaban J connectivity index is 1.73. The van der Waals surface area contributed by atoms with E-state index in [0.29, 0.717) is 40.9 Å². The van der Waals surface area contributed by atoms with Gasteiger partial charge < -0.3 is 19.3 Å². The van der Waals surface area contributed by atoms with E-state index in [2.05, 4.69) is 4.90 Å². The van der Waals surface area contributed by atoms with Crippen LogP contribution in [-0.4, -0.2) is 50.2 Å². The van der Waals surface area contributed by atoms with E-state index >= 15 is 0 Å². The first kappa shape index (κ1) is 21.3. The Bertz CT molecular complexity index is 886. The zero-order valence-electron chi connectivity index (χ0n) is 16.9. The molecule has 1 unspecified atom stereocenters. The molecule has 156 valence electrons. The summed E-state index contributed by atoms with van der Waals surface area (Å²) in [6.07, 6.45) is 1.77. The van der Waals surface area contributed by atoms with Gasteiger partial charge in [-0.15, -0.1) is 0 Å². The molecule has 0 saturated carbocycles. The number of rotatable bonds is 7. The number of ether oxygens (including phenoxy) is 3. The molecule has 2 aromatic carbocycles. The van der Waals surface area contributed by atoms with Crippen LogP contribution < -0.4 is 14.2 Å². The molecule has 1 heterocycles. The number of carbonyl (C=O) groups excluding carboxylic acids is 1. The molecule has 0 aromatic heterocycles. The zero-order valence-corrected chi connectivity index (χ0v) is 17.7. The van der Waals surface area contributed by atoms with E-state index in [-0.39, 0.29) is 17.5 Å². The Morgan fingerprint density at radius 2 is 1.83 bits per heavy atom. The van der Waals surface area contributed by atoms with Crippen LogP contribution in [0.15, 0.2) is 30.3 Å². The third kappa shape index (κ3) is 4.77. The fraction of sp³-hybridized carbons (Fsp3) is 0.409. The molecule has 0 spiro atoms. The first-order valence-corrected chi connectivity index (χ1v) is 9.88. The van der Waals surface area contributed by atoms with Crippen molar-refractivity contribution in [2.45, 2.75) is 19.4 Å². The Hall–Kier alpha value is -2.44. The van der Waals surface area contributed by atoms with Gasteiger partial charge in [0.05, 0.1) is 21.3 Å². The van der Waals surface area contributed by atoms with Gasteiger partial charge in [0.15, 0.2) is 28.8 Å². The molecule has 2 aromatic rings. The first-order valence-electron chi connectivity index (χ1n) is 9.50. The van der Waals surface area contributed by atoms with E-state index in [9.17, 15) is 9.90 Å². The predicted molar refractivity (Wildman–Crippen MR) is 112 cm³/mol. The molecule has 0 aliphatic carbocycles. The highest BCUT2D eigenvalue weighted by Crippen LogP contribution is 2.34. The van der Waals surface area contributed by atoms with Crippen molar-refractivity contribution in [3.8, 4) is 23.0 Å². The van der Waals surface area contributed by atoms with Crippen molar-refractivity contribution >= 4 is 17.4 Å². The minimum absolute atomic E-state index is 0.0152. The fourth-order valence-electron chi connectivity index (χ4n) is 3.75. The number of hydrogen-bond acceptors (Lipinski definition) is 6. The monoisotopic (exact) mass is 419 g/mol. The third-order valence-electron chi connectivity index (χ3n) is 5.29. The molecule has 0 amide bonds. The van der Waals surface area contributed by atoms with Crippen molar-refractivity contribution in [1.82, 2.24) is 4.90 Å². The molecule has 1 aliphatic heterocycles. The number of hydrogen-bond donors (Lipinski definition) is 1. The van der Waals surface area contributed by atoms with Crippen LogP contribution in [0, 0.1) is 5.92 Å². The summed E-state index contributed by atoms with van der Waals surface area (Å²) in [4.78, 5) is 15.3. The number of piperidine rings is 1. The Morgan fingerprint density at radius 1 is 1.10 bits per heavy atom. The van der Waals surface area contributed by atoms with Gasteiger partial charge in [-0.2, -0.15) is 0 Å². The van der Waals surface area contributed by atoms with E-state index in [0.717, 1.165) is 24.9 Å². The highest BCUT2D eigenvalue weighted by molar-refractivity contribution is 6.31. The maximum atomic E-state index is 13.1. The first-order chi connectivity index (χ1) is 14.0. The van der Waals surface area contributed by atoms with Gasteiger partial charge in [-0.05, 0) is 49.2 Å². The van der Waals surface area contributed by atoms with Gasteiger partial charge in [0, 0.05) is 35.7 Å². The molecule has 1 atom stereocenters. The number of halogens is 1. The SMILES string of the molecule is COc1cc(CN2CCCC(C(=O)c3ccc(OC)c(OC)c3)C2)c(Cl)cc1O. The summed E-state index contributed by atoms with van der Waals surface area (Å²) in [5, 5.41) is 10.3. The number of aromatic hydroxyl groups is 1. The largest absolute Gasteiger partial charge is 0.504 e. The number of nitrogens with zero attached hydrogens (tertiary/aromatic N) is 1. The third-order valence-corrected chi connectivity index (χ3v) is 5.64. The van der Waals surface area contributed by atoms with Crippen molar-refractivity contribution in [2.75, 3.05) is 34.4 Å². The van der Waals surface area contributed by atoms with Gasteiger partial charge in [-0.1, -0.05) is 11.6 Å². The highest BCUT2D eigenvalue weighted by Gasteiger charge is 2.27. The molecule has 3 rings (SSSR count). The summed E-state index contributed by atoms with van der Waals surface area (Å²) in [5.41, 5.74) is 1.49. The van der Waals surface area contributed by atoms with Crippen LogP contribution in [0.1, 0.15) is 28.8 Å².